The molecule has 0 saturated heterocycles. The maximum absolute atomic E-state index is 11.8. The molecule has 1 heterocycles. The molecule has 4 heteroatoms. The Labute approximate surface area is 83.9 Å². The number of rotatable bonds is 0. The number of nitrogens with two attached hydrogens (primary N) is 1. The van der Waals surface area contributed by atoms with Gasteiger partial charge in [-0.25, -0.2) is 8.42 Å². The maximum Gasteiger partial charge on any atom is 0.178 e. The average Bonchev–Trinajstić information content (AvgIpc) is 2.27. The molecule has 14 heavy (non-hydrogen) atoms. The Kier molecular flexibility index (Phi) is 2.33. The van der Waals surface area contributed by atoms with Crippen molar-refractivity contribution in [3.05, 3.63) is 29.8 Å². The molecule has 0 amide bonds. The minimum absolute atomic E-state index is 0.136. The second-order valence-electron chi connectivity index (χ2n) is 3.61. The largest absolute Gasteiger partial charge is 0.324 e. The molecule has 3 nitrogen and oxygen atoms in total. The minimum Gasteiger partial charge on any atom is -0.324 e. The SMILES string of the molecule is NC1CCCS(=O)(=O)c2ccccc21. The van der Waals surface area contributed by atoms with E-state index in [4.69, 9.17) is 5.73 Å². The third kappa shape index (κ3) is 1.55. The van der Waals surface area contributed by atoms with E-state index in [2.05, 4.69) is 0 Å². The van der Waals surface area contributed by atoms with Crippen LogP contribution in [-0.2, 0) is 9.84 Å². The molecule has 0 bridgehead atoms. The van der Waals surface area contributed by atoms with E-state index in [1.807, 2.05) is 12.1 Å². The van der Waals surface area contributed by atoms with Crippen LogP contribution in [-0.4, -0.2) is 14.2 Å². The molecule has 1 aromatic carbocycles. The van der Waals surface area contributed by atoms with E-state index >= 15 is 0 Å². The molecule has 1 aliphatic rings. The Morgan fingerprint density at radius 2 is 2.00 bits per heavy atom. The lowest BCUT2D eigenvalue weighted by molar-refractivity contribution is 0.594. The van der Waals surface area contributed by atoms with E-state index in [1.165, 1.54) is 0 Å². The Morgan fingerprint density at radius 3 is 2.79 bits per heavy atom. The van der Waals surface area contributed by atoms with E-state index < -0.39 is 9.84 Å². The van der Waals surface area contributed by atoms with E-state index in [-0.39, 0.29) is 11.8 Å². The third-order valence-corrected chi connectivity index (χ3v) is 4.45. The molecule has 0 aromatic heterocycles. The van der Waals surface area contributed by atoms with Crippen LogP contribution in [0.5, 0.6) is 0 Å². The lowest BCUT2D eigenvalue weighted by Gasteiger charge is -2.10. The summed E-state index contributed by atoms with van der Waals surface area (Å²) >= 11 is 0. The van der Waals surface area contributed by atoms with Gasteiger partial charge in [0.1, 0.15) is 0 Å². The fourth-order valence-electron chi connectivity index (χ4n) is 1.83. The highest BCUT2D eigenvalue weighted by atomic mass is 32.2. The summed E-state index contributed by atoms with van der Waals surface area (Å²) in [6.45, 7) is 0. The van der Waals surface area contributed by atoms with Crippen LogP contribution in [0.4, 0.5) is 0 Å². The lowest BCUT2D eigenvalue weighted by Crippen LogP contribution is -2.11. The van der Waals surface area contributed by atoms with Crippen molar-refractivity contribution in [3.8, 4) is 0 Å². The minimum atomic E-state index is -3.09. The second-order valence-corrected chi connectivity index (χ2v) is 5.68. The summed E-state index contributed by atoms with van der Waals surface area (Å²) in [6.07, 6.45) is 1.40. The number of benzene rings is 1. The summed E-state index contributed by atoms with van der Waals surface area (Å²) in [6, 6.07) is 6.90. The molecular formula is C10H13NO2S. The van der Waals surface area contributed by atoms with Gasteiger partial charge in [-0.1, -0.05) is 18.2 Å². The molecule has 1 aliphatic heterocycles. The molecule has 2 N–H and O–H groups in total. The molecule has 0 fully saturated rings. The molecular weight excluding hydrogens is 198 g/mol. The molecule has 0 spiro atoms. The predicted molar refractivity (Wildman–Crippen MR) is 54.7 cm³/mol. The van der Waals surface area contributed by atoms with Gasteiger partial charge in [0.05, 0.1) is 10.6 Å². The zero-order valence-electron chi connectivity index (χ0n) is 7.81. The van der Waals surface area contributed by atoms with Gasteiger partial charge in [0.15, 0.2) is 9.84 Å². The van der Waals surface area contributed by atoms with Crippen LogP contribution in [0.15, 0.2) is 29.2 Å². The van der Waals surface area contributed by atoms with Crippen molar-refractivity contribution in [1.82, 2.24) is 0 Å². The molecule has 1 atom stereocenters. The van der Waals surface area contributed by atoms with Crippen LogP contribution in [0.1, 0.15) is 24.4 Å². The van der Waals surface area contributed by atoms with Gasteiger partial charge in [-0.3, -0.25) is 0 Å². The van der Waals surface area contributed by atoms with Gasteiger partial charge in [-0.05, 0) is 24.5 Å². The molecule has 0 aliphatic carbocycles. The van der Waals surface area contributed by atoms with Crippen LogP contribution in [0.2, 0.25) is 0 Å². The number of hydrogen-bond donors (Lipinski definition) is 1. The normalized spacial score (nSPS) is 25.1. The van der Waals surface area contributed by atoms with Crippen molar-refractivity contribution in [2.24, 2.45) is 5.73 Å². The van der Waals surface area contributed by atoms with E-state index in [9.17, 15) is 8.42 Å². The Balaban J connectivity index is 2.65. The quantitative estimate of drug-likeness (QED) is 0.702. The number of hydrogen-bond acceptors (Lipinski definition) is 3. The number of sulfone groups is 1. The fourth-order valence-corrected chi connectivity index (χ4v) is 3.46. The predicted octanol–water partition coefficient (Wildman–Crippen LogP) is 1.25. The first-order valence-electron chi connectivity index (χ1n) is 4.68. The fraction of sp³-hybridized carbons (Fsp3) is 0.400. The van der Waals surface area contributed by atoms with Gasteiger partial charge in [0.25, 0.3) is 0 Å². The van der Waals surface area contributed by atoms with Gasteiger partial charge >= 0.3 is 0 Å². The lowest BCUT2D eigenvalue weighted by atomic mass is 10.0. The van der Waals surface area contributed by atoms with E-state index in [1.54, 1.807) is 12.1 Å². The van der Waals surface area contributed by atoms with Crippen molar-refractivity contribution in [1.29, 1.82) is 0 Å². The van der Waals surface area contributed by atoms with Gasteiger partial charge in [-0.15, -0.1) is 0 Å². The van der Waals surface area contributed by atoms with Crippen molar-refractivity contribution < 1.29 is 8.42 Å². The monoisotopic (exact) mass is 211 g/mol. The van der Waals surface area contributed by atoms with Crippen molar-refractivity contribution in [2.75, 3.05) is 5.75 Å². The Morgan fingerprint density at radius 1 is 1.29 bits per heavy atom. The van der Waals surface area contributed by atoms with E-state index in [0.29, 0.717) is 11.3 Å². The summed E-state index contributed by atoms with van der Waals surface area (Å²) in [5.74, 6) is 0.220. The average molecular weight is 211 g/mol. The molecule has 0 radical (unpaired) electrons. The van der Waals surface area contributed by atoms with Crippen LogP contribution in [0.3, 0.4) is 0 Å². The molecule has 2 rings (SSSR count). The second kappa shape index (κ2) is 3.37. The maximum atomic E-state index is 11.8. The first-order chi connectivity index (χ1) is 6.61. The highest BCUT2D eigenvalue weighted by Crippen LogP contribution is 2.28. The summed E-state index contributed by atoms with van der Waals surface area (Å²) in [5, 5.41) is 0. The zero-order valence-corrected chi connectivity index (χ0v) is 8.63. The van der Waals surface area contributed by atoms with Crippen LogP contribution >= 0.6 is 0 Å². The summed E-state index contributed by atoms with van der Waals surface area (Å²) in [4.78, 5) is 0.421. The highest BCUT2D eigenvalue weighted by Gasteiger charge is 2.24. The smallest absolute Gasteiger partial charge is 0.178 e. The van der Waals surface area contributed by atoms with Crippen molar-refractivity contribution in [2.45, 2.75) is 23.8 Å². The summed E-state index contributed by atoms with van der Waals surface area (Å²) < 4.78 is 23.6. The van der Waals surface area contributed by atoms with Crippen LogP contribution < -0.4 is 5.73 Å². The first kappa shape index (κ1) is 9.68. The molecule has 76 valence electrons. The highest BCUT2D eigenvalue weighted by molar-refractivity contribution is 7.91. The van der Waals surface area contributed by atoms with Crippen molar-refractivity contribution in [3.63, 3.8) is 0 Å². The van der Waals surface area contributed by atoms with Crippen molar-refractivity contribution >= 4 is 9.84 Å². The topological polar surface area (TPSA) is 60.2 Å². The molecule has 0 saturated carbocycles. The van der Waals surface area contributed by atoms with Gasteiger partial charge in [-0.2, -0.15) is 0 Å². The standard InChI is InChI=1S/C10H13NO2S/c11-9-5-3-7-14(12,13)10-6-2-1-4-8(9)10/h1-2,4,6,9H,3,5,7,11H2. The first-order valence-corrected chi connectivity index (χ1v) is 6.34. The van der Waals surface area contributed by atoms with Crippen LogP contribution in [0, 0.1) is 0 Å². The van der Waals surface area contributed by atoms with Crippen LogP contribution in [0.25, 0.3) is 0 Å². The summed E-state index contributed by atoms with van der Waals surface area (Å²) in [7, 11) is -3.09. The van der Waals surface area contributed by atoms with Gasteiger partial charge in [0, 0.05) is 6.04 Å². The van der Waals surface area contributed by atoms with E-state index in [0.717, 1.165) is 12.0 Å². The number of fused-ring (bicyclic) bond motifs is 1. The molecule has 1 unspecified atom stereocenters. The van der Waals surface area contributed by atoms with Gasteiger partial charge < -0.3 is 5.73 Å². The third-order valence-electron chi connectivity index (χ3n) is 2.58. The Hall–Kier alpha value is -0.870. The zero-order chi connectivity index (χ0) is 10.2. The molecule has 1 aromatic rings. The van der Waals surface area contributed by atoms with Gasteiger partial charge in [0.2, 0.25) is 0 Å². The summed E-state index contributed by atoms with van der Waals surface area (Å²) in [5.41, 5.74) is 6.67. The Bertz CT molecular complexity index is 439.